The number of hydrogen-bond acceptors (Lipinski definition) is 0. The molecule has 1 heterocycles. The Morgan fingerprint density at radius 2 is 2.00 bits per heavy atom. The van der Waals surface area contributed by atoms with Crippen molar-refractivity contribution in [3.63, 3.8) is 0 Å². The molecule has 0 radical (unpaired) electrons. The van der Waals surface area contributed by atoms with Gasteiger partial charge in [-0.1, -0.05) is 13.8 Å². The van der Waals surface area contributed by atoms with E-state index < -0.39 is 0 Å². The molecule has 1 aliphatic heterocycles. The van der Waals surface area contributed by atoms with Gasteiger partial charge in [0, 0.05) is 5.92 Å². The first kappa shape index (κ1) is 10.0. The zero-order chi connectivity index (χ0) is 9.19. The van der Waals surface area contributed by atoms with Gasteiger partial charge >= 0.3 is 0 Å². The fourth-order valence-electron chi connectivity index (χ4n) is 2.41. The molecule has 0 amide bonds. The number of rotatable bonds is 2. The molecule has 1 heteroatoms. The van der Waals surface area contributed by atoms with Crippen molar-refractivity contribution in [2.24, 2.45) is 11.8 Å². The van der Waals surface area contributed by atoms with Gasteiger partial charge in [-0.2, -0.15) is 0 Å². The van der Waals surface area contributed by atoms with Gasteiger partial charge in [0.1, 0.15) is 0 Å². The van der Waals surface area contributed by atoms with Gasteiger partial charge in [-0.25, -0.2) is 0 Å². The number of piperidine rings is 1. The topological polar surface area (TPSA) is 0 Å². The third kappa shape index (κ3) is 2.01. The van der Waals surface area contributed by atoms with E-state index in [0.717, 1.165) is 11.8 Å². The summed E-state index contributed by atoms with van der Waals surface area (Å²) in [5.41, 5.74) is 0. The minimum absolute atomic E-state index is 0.966. The molecule has 12 heavy (non-hydrogen) atoms. The van der Waals surface area contributed by atoms with Crippen LogP contribution in [0, 0.1) is 11.8 Å². The van der Waals surface area contributed by atoms with Gasteiger partial charge in [0.15, 0.2) is 0 Å². The molecule has 0 aliphatic carbocycles. The lowest BCUT2D eigenvalue weighted by Gasteiger charge is -2.43. The van der Waals surface area contributed by atoms with Crippen molar-refractivity contribution in [2.75, 3.05) is 26.7 Å². The second kappa shape index (κ2) is 3.78. The summed E-state index contributed by atoms with van der Waals surface area (Å²) in [5.74, 6) is 1.94. The number of likely N-dealkylation sites (tertiary alicyclic amines) is 1. The normalized spacial score (nSPS) is 43.0. The van der Waals surface area contributed by atoms with E-state index >= 15 is 0 Å². The molecule has 0 bridgehead atoms. The van der Waals surface area contributed by atoms with Gasteiger partial charge in [-0.05, 0) is 25.7 Å². The van der Waals surface area contributed by atoms with Crippen molar-refractivity contribution in [1.29, 1.82) is 0 Å². The Morgan fingerprint density at radius 3 is 2.50 bits per heavy atom. The lowest BCUT2D eigenvalue weighted by molar-refractivity contribution is -0.917. The van der Waals surface area contributed by atoms with E-state index in [0.29, 0.717) is 0 Å². The van der Waals surface area contributed by atoms with Crippen LogP contribution in [-0.4, -0.2) is 31.2 Å². The molecule has 0 spiro atoms. The first-order valence-corrected chi connectivity index (χ1v) is 5.45. The Hall–Kier alpha value is -0.0400. The minimum atomic E-state index is 0.966. The van der Waals surface area contributed by atoms with E-state index in [-0.39, 0.29) is 0 Å². The fraction of sp³-hybridized carbons (Fsp3) is 1.00. The molecule has 1 fully saturated rings. The van der Waals surface area contributed by atoms with Crippen LogP contribution in [0.15, 0.2) is 0 Å². The van der Waals surface area contributed by atoms with Gasteiger partial charge in [0.2, 0.25) is 0 Å². The summed E-state index contributed by atoms with van der Waals surface area (Å²) in [7, 11) is 2.41. The average Bonchev–Trinajstić information content (AvgIpc) is 2.10. The molecule has 1 rings (SSSR count). The first-order valence-electron chi connectivity index (χ1n) is 5.45. The van der Waals surface area contributed by atoms with E-state index in [1.165, 1.54) is 37.0 Å². The van der Waals surface area contributed by atoms with E-state index in [1.807, 2.05) is 0 Å². The Labute approximate surface area is 77.4 Å². The van der Waals surface area contributed by atoms with Crippen LogP contribution in [0.2, 0.25) is 0 Å². The maximum Gasteiger partial charge on any atom is 0.0815 e. The number of nitrogens with zero attached hydrogens (tertiary/aromatic N) is 1. The highest BCUT2D eigenvalue weighted by molar-refractivity contribution is 4.69. The second-order valence-electron chi connectivity index (χ2n) is 4.78. The van der Waals surface area contributed by atoms with Crippen LogP contribution in [0.5, 0.6) is 0 Å². The summed E-state index contributed by atoms with van der Waals surface area (Å²) >= 11 is 0. The summed E-state index contributed by atoms with van der Waals surface area (Å²) < 4.78 is 1.31. The summed E-state index contributed by atoms with van der Waals surface area (Å²) in [6.07, 6.45) is 2.80. The second-order valence-corrected chi connectivity index (χ2v) is 4.78. The smallest absolute Gasteiger partial charge is 0.0815 e. The molecule has 1 aliphatic rings. The Balaban J connectivity index is 2.55. The van der Waals surface area contributed by atoms with Crippen molar-refractivity contribution < 1.29 is 4.48 Å². The van der Waals surface area contributed by atoms with E-state index in [2.05, 4.69) is 27.8 Å². The lowest BCUT2D eigenvalue weighted by atomic mass is 9.84. The van der Waals surface area contributed by atoms with Gasteiger partial charge in [0.25, 0.3) is 0 Å². The maximum absolute atomic E-state index is 2.42. The summed E-state index contributed by atoms with van der Waals surface area (Å²) in [6.45, 7) is 11.2. The largest absolute Gasteiger partial charge is 0.326 e. The van der Waals surface area contributed by atoms with Crippen molar-refractivity contribution >= 4 is 0 Å². The average molecular weight is 170 g/mol. The highest BCUT2D eigenvalue weighted by atomic mass is 15.3. The molecule has 0 aromatic rings. The molecule has 3 unspecified atom stereocenters. The molecule has 3 atom stereocenters. The predicted octanol–water partition coefficient (Wildman–Crippen LogP) is 2.52. The Kier molecular flexibility index (Phi) is 3.16. The summed E-state index contributed by atoms with van der Waals surface area (Å²) in [4.78, 5) is 0. The molecule has 72 valence electrons. The zero-order valence-electron chi connectivity index (χ0n) is 9.14. The molecule has 0 aromatic heterocycles. The molecular formula is C11H24N+. The van der Waals surface area contributed by atoms with Gasteiger partial charge in [-0.3, -0.25) is 0 Å². The van der Waals surface area contributed by atoms with Crippen LogP contribution in [-0.2, 0) is 0 Å². The molecule has 0 aromatic carbocycles. The SMILES string of the molecule is CCC1C[N+](C)(CC)CCC1C. The predicted molar refractivity (Wildman–Crippen MR) is 54.0 cm³/mol. The van der Waals surface area contributed by atoms with E-state index in [1.54, 1.807) is 0 Å². The Morgan fingerprint density at radius 1 is 1.33 bits per heavy atom. The van der Waals surface area contributed by atoms with Crippen LogP contribution in [0.25, 0.3) is 0 Å². The quantitative estimate of drug-likeness (QED) is 0.559. The fourth-order valence-corrected chi connectivity index (χ4v) is 2.41. The van der Waals surface area contributed by atoms with Crippen molar-refractivity contribution in [3.05, 3.63) is 0 Å². The van der Waals surface area contributed by atoms with E-state index in [4.69, 9.17) is 0 Å². The van der Waals surface area contributed by atoms with Crippen molar-refractivity contribution in [2.45, 2.75) is 33.6 Å². The highest BCUT2D eigenvalue weighted by Crippen LogP contribution is 2.28. The number of hydrogen-bond donors (Lipinski definition) is 0. The monoisotopic (exact) mass is 170 g/mol. The standard InChI is InChI=1S/C11H24N/c1-5-11-9-12(4,6-2)8-7-10(11)3/h10-11H,5-9H2,1-4H3/q+1. The lowest BCUT2D eigenvalue weighted by Crippen LogP contribution is -2.52. The molecule has 1 nitrogen and oxygen atoms in total. The minimum Gasteiger partial charge on any atom is -0.326 e. The van der Waals surface area contributed by atoms with Gasteiger partial charge in [-0.15, -0.1) is 0 Å². The van der Waals surface area contributed by atoms with E-state index in [9.17, 15) is 0 Å². The van der Waals surface area contributed by atoms with Crippen LogP contribution in [0.1, 0.15) is 33.6 Å². The van der Waals surface area contributed by atoms with Crippen LogP contribution < -0.4 is 0 Å². The van der Waals surface area contributed by atoms with Gasteiger partial charge < -0.3 is 4.48 Å². The zero-order valence-corrected chi connectivity index (χ0v) is 9.14. The highest BCUT2D eigenvalue weighted by Gasteiger charge is 2.32. The molecule has 1 saturated heterocycles. The van der Waals surface area contributed by atoms with Crippen molar-refractivity contribution in [3.8, 4) is 0 Å². The van der Waals surface area contributed by atoms with Crippen LogP contribution >= 0.6 is 0 Å². The first-order chi connectivity index (χ1) is 5.61. The van der Waals surface area contributed by atoms with Crippen LogP contribution in [0.4, 0.5) is 0 Å². The maximum atomic E-state index is 2.42. The summed E-state index contributed by atoms with van der Waals surface area (Å²) in [6, 6.07) is 0. The Bertz CT molecular complexity index is 144. The van der Waals surface area contributed by atoms with Gasteiger partial charge in [0.05, 0.1) is 26.7 Å². The van der Waals surface area contributed by atoms with Crippen molar-refractivity contribution in [1.82, 2.24) is 0 Å². The third-order valence-corrected chi connectivity index (χ3v) is 3.89. The summed E-state index contributed by atoms with van der Waals surface area (Å²) in [5, 5.41) is 0. The molecular weight excluding hydrogens is 146 g/mol. The molecule has 0 N–H and O–H groups in total. The van der Waals surface area contributed by atoms with Crippen LogP contribution in [0.3, 0.4) is 0 Å². The third-order valence-electron chi connectivity index (χ3n) is 3.89. The number of quaternary nitrogens is 1. The molecule has 0 saturated carbocycles.